The summed E-state index contributed by atoms with van der Waals surface area (Å²) in [6, 6.07) is 8.09. The number of aliphatic hydroxyl groups excluding tert-OH is 1. The lowest BCUT2D eigenvalue weighted by Gasteiger charge is -2.28. The zero-order valence-corrected chi connectivity index (χ0v) is 17.9. The van der Waals surface area contributed by atoms with Crippen LogP contribution < -0.4 is 10.1 Å². The largest absolute Gasteiger partial charge is 0.491 e. The highest BCUT2D eigenvalue weighted by atomic mass is 32.2. The lowest BCUT2D eigenvalue weighted by Crippen LogP contribution is -2.37. The maximum atomic E-state index is 13.2. The van der Waals surface area contributed by atoms with Crippen LogP contribution in [-0.4, -0.2) is 38.5 Å². The van der Waals surface area contributed by atoms with Crippen LogP contribution in [0.2, 0.25) is 0 Å². The average Bonchev–Trinajstić information content (AvgIpc) is 2.64. The molecule has 2 atom stereocenters. The molecule has 0 aromatic heterocycles. The van der Waals surface area contributed by atoms with Crippen LogP contribution in [-0.2, 0) is 16.3 Å². The highest BCUT2D eigenvalue weighted by Crippen LogP contribution is 2.33. The Morgan fingerprint density at radius 1 is 1.17 bits per heavy atom. The third-order valence-corrected chi connectivity index (χ3v) is 6.80. The van der Waals surface area contributed by atoms with Gasteiger partial charge in [0.2, 0.25) is 0 Å². The molecule has 5 nitrogen and oxygen atoms in total. The summed E-state index contributed by atoms with van der Waals surface area (Å²) >= 11 is 0. The number of hydrogen-bond donors (Lipinski definition) is 2. The van der Waals surface area contributed by atoms with Gasteiger partial charge in [-0.05, 0) is 36.0 Å². The van der Waals surface area contributed by atoms with Crippen molar-refractivity contribution in [2.45, 2.75) is 43.7 Å². The van der Waals surface area contributed by atoms with Crippen LogP contribution >= 0.6 is 0 Å². The fourth-order valence-corrected chi connectivity index (χ4v) is 5.25. The predicted octanol–water partition coefficient (Wildman–Crippen LogP) is 3.41. The summed E-state index contributed by atoms with van der Waals surface area (Å²) in [4.78, 5) is 0.333. The van der Waals surface area contributed by atoms with Crippen LogP contribution in [0.5, 0.6) is 5.75 Å². The molecule has 0 fully saturated rings. The van der Waals surface area contributed by atoms with Gasteiger partial charge in [-0.3, -0.25) is 0 Å². The Bertz CT molecular complexity index is 974. The monoisotopic (exact) mass is 439 g/mol. The van der Waals surface area contributed by atoms with Gasteiger partial charge in [-0.25, -0.2) is 17.2 Å². The van der Waals surface area contributed by atoms with E-state index in [0.29, 0.717) is 17.2 Å². The van der Waals surface area contributed by atoms with Crippen LogP contribution in [0.4, 0.5) is 8.78 Å². The Morgan fingerprint density at radius 3 is 2.53 bits per heavy atom. The number of hydrogen-bond acceptors (Lipinski definition) is 5. The van der Waals surface area contributed by atoms with Gasteiger partial charge in [0.1, 0.15) is 30.1 Å². The summed E-state index contributed by atoms with van der Waals surface area (Å²) in [6.45, 7) is 4.21. The zero-order chi connectivity index (χ0) is 21.9. The molecule has 2 aromatic carbocycles. The number of ether oxygens (including phenoxy) is 1. The zero-order valence-electron chi connectivity index (χ0n) is 17.1. The summed E-state index contributed by atoms with van der Waals surface area (Å²) in [5.41, 5.74) is 1.80. The van der Waals surface area contributed by atoms with E-state index < -0.39 is 27.6 Å². The molecule has 3 rings (SSSR count). The standard InChI is InChI=1S/C22H27F2NO4S/c1-14(2)7-15-3-4-22-20(8-15)21(5-6-30(22,27)28)25-12-18(26)13-29-19-10-16(23)9-17(24)11-19/h3-4,8-11,14,18,21,25-26H,5-7,12-13H2,1-2H3. The van der Waals surface area contributed by atoms with Gasteiger partial charge < -0.3 is 15.2 Å². The predicted molar refractivity (Wildman–Crippen MR) is 110 cm³/mol. The highest BCUT2D eigenvalue weighted by molar-refractivity contribution is 7.91. The summed E-state index contributed by atoms with van der Waals surface area (Å²) in [7, 11) is -3.31. The third kappa shape index (κ3) is 5.77. The molecule has 0 saturated carbocycles. The number of sulfone groups is 1. The summed E-state index contributed by atoms with van der Waals surface area (Å²) < 4.78 is 56.6. The van der Waals surface area contributed by atoms with Crippen LogP contribution in [0.3, 0.4) is 0 Å². The van der Waals surface area contributed by atoms with Crippen molar-refractivity contribution in [3.05, 3.63) is 59.2 Å². The topological polar surface area (TPSA) is 75.6 Å². The lowest BCUT2D eigenvalue weighted by molar-refractivity contribution is 0.103. The van der Waals surface area contributed by atoms with E-state index in [1.165, 1.54) is 0 Å². The Kier molecular flexibility index (Phi) is 7.10. The summed E-state index contributed by atoms with van der Waals surface area (Å²) in [5.74, 6) is -1.03. The smallest absolute Gasteiger partial charge is 0.178 e. The number of nitrogens with one attached hydrogen (secondary N) is 1. The molecule has 0 saturated heterocycles. The van der Waals surface area contributed by atoms with Gasteiger partial charge in [0, 0.05) is 30.8 Å². The highest BCUT2D eigenvalue weighted by Gasteiger charge is 2.30. The van der Waals surface area contributed by atoms with E-state index in [0.717, 1.165) is 35.7 Å². The van der Waals surface area contributed by atoms with E-state index in [1.54, 1.807) is 6.07 Å². The minimum absolute atomic E-state index is 0.000942. The Hall–Kier alpha value is -2.03. The van der Waals surface area contributed by atoms with Crippen molar-refractivity contribution in [1.29, 1.82) is 0 Å². The molecule has 0 radical (unpaired) electrons. The van der Waals surface area contributed by atoms with Crippen molar-refractivity contribution in [1.82, 2.24) is 5.32 Å². The quantitative estimate of drug-likeness (QED) is 0.659. The van der Waals surface area contributed by atoms with Crippen molar-refractivity contribution in [3.63, 3.8) is 0 Å². The van der Waals surface area contributed by atoms with Crippen molar-refractivity contribution >= 4 is 9.84 Å². The molecule has 1 heterocycles. The van der Waals surface area contributed by atoms with Gasteiger partial charge in [0.25, 0.3) is 0 Å². The summed E-state index contributed by atoms with van der Waals surface area (Å²) in [5, 5.41) is 13.4. The summed E-state index contributed by atoms with van der Waals surface area (Å²) in [6.07, 6.45) is 0.321. The maximum absolute atomic E-state index is 13.2. The fraction of sp³-hybridized carbons (Fsp3) is 0.455. The van der Waals surface area contributed by atoms with Gasteiger partial charge in [-0.2, -0.15) is 0 Å². The van der Waals surface area contributed by atoms with Crippen molar-refractivity contribution in [3.8, 4) is 5.75 Å². The van der Waals surface area contributed by atoms with Crippen molar-refractivity contribution in [2.75, 3.05) is 18.9 Å². The van der Waals surface area contributed by atoms with Gasteiger partial charge in [0.15, 0.2) is 9.84 Å². The average molecular weight is 440 g/mol. The van der Waals surface area contributed by atoms with Crippen molar-refractivity contribution < 1.29 is 27.0 Å². The van der Waals surface area contributed by atoms with Gasteiger partial charge in [0.05, 0.1) is 10.6 Å². The second kappa shape index (κ2) is 9.41. The fourth-order valence-electron chi connectivity index (χ4n) is 3.64. The van der Waals surface area contributed by atoms with Crippen molar-refractivity contribution in [2.24, 2.45) is 5.92 Å². The molecule has 2 N–H and O–H groups in total. The molecule has 1 aliphatic heterocycles. The molecule has 0 amide bonds. The van der Waals surface area contributed by atoms with Crippen LogP contribution in [0.15, 0.2) is 41.3 Å². The molecule has 0 bridgehead atoms. The Morgan fingerprint density at radius 2 is 1.87 bits per heavy atom. The lowest BCUT2D eigenvalue weighted by atomic mass is 9.96. The molecule has 0 aliphatic carbocycles. The first-order valence-electron chi connectivity index (χ1n) is 10.00. The molecule has 2 aromatic rings. The molecule has 1 aliphatic rings. The minimum Gasteiger partial charge on any atom is -0.491 e. The van der Waals surface area contributed by atoms with E-state index >= 15 is 0 Å². The second-order valence-corrected chi connectivity index (χ2v) is 10.2. The van der Waals surface area contributed by atoms with Crippen LogP contribution in [0.1, 0.15) is 37.4 Å². The number of benzene rings is 2. The Balaban J connectivity index is 1.65. The SMILES string of the molecule is CC(C)Cc1ccc2c(c1)C(NCC(O)COc1cc(F)cc(F)c1)CCS2(=O)=O. The molecular formula is C22H27F2NO4S. The molecule has 30 heavy (non-hydrogen) atoms. The van der Waals surface area contributed by atoms with Gasteiger partial charge in [-0.15, -0.1) is 0 Å². The number of halogens is 2. The minimum atomic E-state index is -3.31. The first kappa shape index (κ1) is 22.7. The van der Waals surface area contributed by atoms with E-state index in [1.807, 2.05) is 12.1 Å². The van der Waals surface area contributed by atoms with Gasteiger partial charge in [-0.1, -0.05) is 26.0 Å². The van der Waals surface area contributed by atoms with E-state index in [-0.39, 0.29) is 30.7 Å². The number of rotatable bonds is 8. The molecule has 8 heteroatoms. The van der Waals surface area contributed by atoms with Crippen LogP contribution in [0.25, 0.3) is 0 Å². The van der Waals surface area contributed by atoms with Gasteiger partial charge >= 0.3 is 0 Å². The first-order valence-corrected chi connectivity index (χ1v) is 11.6. The molecular weight excluding hydrogens is 412 g/mol. The number of fused-ring (bicyclic) bond motifs is 1. The van der Waals surface area contributed by atoms with E-state index in [9.17, 15) is 22.3 Å². The maximum Gasteiger partial charge on any atom is 0.178 e. The third-order valence-electron chi connectivity index (χ3n) is 4.98. The van der Waals surface area contributed by atoms with E-state index in [4.69, 9.17) is 4.74 Å². The van der Waals surface area contributed by atoms with Crippen LogP contribution in [0, 0.1) is 17.6 Å². The van der Waals surface area contributed by atoms with E-state index in [2.05, 4.69) is 19.2 Å². The number of aliphatic hydroxyl groups is 1. The molecule has 164 valence electrons. The normalized spacial score (nSPS) is 18.8. The first-order chi connectivity index (χ1) is 14.1. The second-order valence-electron chi connectivity index (χ2n) is 8.11. The molecule has 2 unspecified atom stereocenters. The molecule has 0 spiro atoms. The Labute approximate surface area is 176 Å².